The molecule has 2 aromatic carbocycles. The number of anilines is 1. The highest BCUT2D eigenvalue weighted by Crippen LogP contribution is 2.28. The molecule has 0 saturated carbocycles. The molecule has 0 aliphatic carbocycles. The molecule has 6 heteroatoms. The number of hydrogen-bond acceptors (Lipinski definition) is 4. The van der Waals surface area contributed by atoms with Crippen LogP contribution in [0, 0.1) is 0 Å². The molecule has 0 saturated heterocycles. The standard InChI is InChI=1S/C21H17N3O2S/c1-26-17-11-9-15(10-12-17)22-21(25)18-14-24(16-6-3-2-4-7-16)23-20(18)19-8-5-13-27-19/h2-14H,1H3,(H,22,25). The number of methoxy groups -OCH3 is 1. The second-order valence-corrected chi connectivity index (χ2v) is 6.78. The molecule has 5 nitrogen and oxygen atoms in total. The third-order valence-corrected chi connectivity index (χ3v) is 4.96. The summed E-state index contributed by atoms with van der Waals surface area (Å²) in [5.41, 5.74) is 2.79. The van der Waals surface area contributed by atoms with Gasteiger partial charge in [0.05, 0.1) is 23.2 Å². The maximum Gasteiger partial charge on any atom is 0.259 e. The fourth-order valence-electron chi connectivity index (χ4n) is 2.72. The van der Waals surface area contributed by atoms with Crippen LogP contribution >= 0.6 is 11.3 Å². The lowest BCUT2D eigenvalue weighted by molar-refractivity contribution is 0.102. The maximum absolute atomic E-state index is 12.9. The molecule has 0 unspecified atom stereocenters. The molecule has 0 spiro atoms. The van der Waals surface area contributed by atoms with Crippen LogP contribution in [0.1, 0.15) is 10.4 Å². The Labute approximate surface area is 160 Å². The number of amides is 1. The molecule has 1 N–H and O–H groups in total. The first-order chi connectivity index (χ1) is 13.2. The molecular weight excluding hydrogens is 358 g/mol. The monoisotopic (exact) mass is 375 g/mol. The van der Waals surface area contributed by atoms with Gasteiger partial charge in [0.2, 0.25) is 0 Å². The molecule has 2 heterocycles. The zero-order valence-electron chi connectivity index (χ0n) is 14.6. The topological polar surface area (TPSA) is 56.1 Å². The van der Waals surface area contributed by atoms with Gasteiger partial charge in [0, 0.05) is 11.9 Å². The van der Waals surface area contributed by atoms with Crippen LogP contribution in [0.2, 0.25) is 0 Å². The molecule has 134 valence electrons. The fraction of sp³-hybridized carbons (Fsp3) is 0.0476. The molecule has 0 atom stereocenters. The molecule has 0 bridgehead atoms. The number of ether oxygens (including phenoxy) is 1. The quantitative estimate of drug-likeness (QED) is 0.542. The average Bonchev–Trinajstić information content (AvgIpc) is 3.39. The number of thiophene rings is 1. The van der Waals surface area contributed by atoms with Crippen LogP contribution in [0.5, 0.6) is 5.75 Å². The second-order valence-electron chi connectivity index (χ2n) is 5.83. The minimum atomic E-state index is -0.203. The van der Waals surface area contributed by atoms with E-state index in [1.165, 1.54) is 0 Å². The second kappa shape index (κ2) is 7.47. The zero-order chi connectivity index (χ0) is 18.6. The van der Waals surface area contributed by atoms with Crippen molar-refractivity contribution in [2.75, 3.05) is 12.4 Å². The van der Waals surface area contributed by atoms with Gasteiger partial charge < -0.3 is 10.1 Å². The van der Waals surface area contributed by atoms with Crippen molar-refractivity contribution in [1.29, 1.82) is 0 Å². The van der Waals surface area contributed by atoms with Crippen molar-refractivity contribution in [1.82, 2.24) is 9.78 Å². The Kier molecular flexibility index (Phi) is 4.72. The van der Waals surface area contributed by atoms with Gasteiger partial charge in [-0.25, -0.2) is 4.68 Å². The Balaban J connectivity index is 1.69. The normalized spacial score (nSPS) is 10.6. The van der Waals surface area contributed by atoms with E-state index < -0.39 is 0 Å². The summed E-state index contributed by atoms with van der Waals surface area (Å²) in [6.45, 7) is 0. The number of carbonyl (C=O) groups excluding carboxylic acids is 1. The van der Waals surface area contributed by atoms with Crippen LogP contribution in [-0.4, -0.2) is 22.8 Å². The smallest absolute Gasteiger partial charge is 0.259 e. The van der Waals surface area contributed by atoms with E-state index in [9.17, 15) is 4.79 Å². The summed E-state index contributed by atoms with van der Waals surface area (Å²) in [5.74, 6) is 0.537. The lowest BCUT2D eigenvalue weighted by atomic mass is 10.2. The third kappa shape index (κ3) is 3.61. The van der Waals surface area contributed by atoms with Crippen LogP contribution < -0.4 is 10.1 Å². The van der Waals surface area contributed by atoms with Crippen LogP contribution in [0.4, 0.5) is 5.69 Å². The van der Waals surface area contributed by atoms with E-state index in [1.807, 2.05) is 72.1 Å². The summed E-state index contributed by atoms with van der Waals surface area (Å²) in [5, 5.41) is 9.57. The minimum absolute atomic E-state index is 0.203. The Hall–Kier alpha value is -3.38. The minimum Gasteiger partial charge on any atom is -0.497 e. The van der Waals surface area contributed by atoms with E-state index in [2.05, 4.69) is 10.4 Å². The van der Waals surface area contributed by atoms with Crippen LogP contribution in [0.3, 0.4) is 0 Å². The highest BCUT2D eigenvalue weighted by Gasteiger charge is 2.19. The molecule has 27 heavy (non-hydrogen) atoms. The summed E-state index contributed by atoms with van der Waals surface area (Å²) in [6.07, 6.45) is 1.77. The van der Waals surface area contributed by atoms with Gasteiger partial charge in [-0.15, -0.1) is 11.3 Å². The van der Waals surface area contributed by atoms with Crippen LogP contribution in [0.25, 0.3) is 16.3 Å². The van der Waals surface area contributed by atoms with E-state index in [1.54, 1.807) is 29.3 Å². The fourth-order valence-corrected chi connectivity index (χ4v) is 3.44. The zero-order valence-corrected chi connectivity index (χ0v) is 15.4. The first kappa shape index (κ1) is 17.1. The number of hydrogen-bond donors (Lipinski definition) is 1. The first-order valence-electron chi connectivity index (χ1n) is 8.39. The number of nitrogens with one attached hydrogen (secondary N) is 1. The predicted molar refractivity (Wildman–Crippen MR) is 108 cm³/mol. The predicted octanol–water partition coefficient (Wildman–Crippen LogP) is 4.86. The molecule has 2 aromatic heterocycles. The van der Waals surface area contributed by atoms with Gasteiger partial charge in [-0.1, -0.05) is 24.3 Å². The van der Waals surface area contributed by atoms with E-state index >= 15 is 0 Å². The van der Waals surface area contributed by atoms with Crippen molar-refractivity contribution in [3.8, 4) is 22.0 Å². The maximum atomic E-state index is 12.9. The van der Waals surface area contributed by atoms with Gasteiger partial charge in [0.25, 0.3) is 5.91 Å². The Morgan fingerprint density at radius 3 is 2.48 bits per heavy atom. The molecule has 1 amide bonds. The highest BCUT2D eigenvalue weighted by atomic mass is 32.1. The summed E-state index contributed by atoms with van der Waals surface area (Å²) < 4.78 is 6.89. The molecule has 0 aliphatic heterocycles. The summed E-state index contributed by atoms with van der Waals surface area (Å²) >= 11 is 1.55. The van der Waals surface area contributed by atoms with E-state index in [4.69, 9.17) is 4.74 Å². The lowest BCUT2D eigenvalue weighted by Crippen LogP contribution is -2.12. The largest absolute Gasteiger partial charge is 0.497 e. The number of para-hydroxylation sites is 1. The number of carbonyl (C=O) groups is 1. The van der Waals surface area contributed by atoms with Crippen molar-refractivity contribution in [3.05, 3.63) is 83.9 Å². The van der Waals surface area contributed by atoms with Crippen molar-refractivity contribution in [3.63, 3.8) is 0 Å². The van der Waals surface area contributed by atoms with Gasteiger partial charge in [0.1, 0.15) is 11.4 Å². The number of aromatic nitrogens is 2. The summed E-state index contributed by atoms with van der Waals surface area (Å²) in [6, 6.07) is 20.9. The van der Waals surface area contributed by atoms with Gasteiger partial charge in [-0.2, -0.15) is 5.10 Å². The number of rotatable bonds is 5. The van der Waals surface area contributed by atoms with E-state index in [-0.39, 0.29) is 5.91 Å². The van der Waals surface area contributed by atoms with Crippen molar-refractivity contribution in [2.24, 2.45) is 0 Å². The SMILES string of the molecule is COc1ccc(NC(=O)c2cn(-c3ccccc3)nc2-c2cccs2)cc1. The molecule has 0 aliphatic rings. The van der Waals surface area contributed by atoms with Crippen molar-refractivity contribution < 1.29 is 9.53 Å². The third-order valence-electron chi connectivity index (χ3n) is 4.08. The van der Waals surface area contributed by atoms with Gasteiger partial charge in [-0.05, 0) is 47.8 Å². The molecule has 4 rings (SSSR count). The van der Waals surface area contributed by atoms with Crippen molar-refractivity contribution >= 4 is 22.9 Å². The average molecular weight is 375 g/mol. The van der Waals surface area contributed by atoms with Gasteiger partial charge >= 0.3 is 0 Å². The summed E-state index contributed by atoms with van der Waals surface area (Å²) in [7, 11) is 1.61. The van der Waals surface area contributed by atoms with Crippen LogP contribution in [0.15, 0.2) is 78.3 Å². The van der Waals surface area contributed by atoms with Crippen LogP contribution in [-0.2, 0) is 0 Å². The lowest BCUT2D eigenvalue weighted by Gasteiger charge is -2.06. The molecule has 4 aromatic rings. The van der Waals surface area contributed by atoms with Gasteiger partial charge in [0.15, 0.2) is 0 Å². The first-order valence-corrected chi connectivity index (χ1v) is 9.27. The molecule has 0 fully saturated rings. The van der Waals surface area contributed by atoms with Gasteiger partial charge in [-0.3, -0.25) is 4.79 Å². The molecular formula is C21H17N3O2S. The summed E-state index contributed by atoms with van der Waals surface area (Å²) in [4.78, 5) is 13.9. The van der Waals surface area contributed by atoms with E-state index in [0.717, 1.165) is 16.3 Å². The number of nitrogens with zero attached hydrogens (tertiary/aromatic N) is 2. The molecule has 0 radical (unpaired) electrons. The van der Waals surface area contributed by atoms with Crippen molar-refractivity contribution in [2.45, 2.75) is 0 Å². The number of benzene rings is 2. The Bertz CT molecular complexity index is 1040. The van der Waals surface area contributed by atoms with E-state index in [0.29, 0.717) is 16.9 Å². The highest BCUT2D eigenvalue weighted by molar-refractivity contribution is 7.13. The Morgan fingerprint density at radius 1 is 1.04 bits per heavy atom. The Morgan fingerprint density at radius 2 is 1.81 bits per heavy atom.